The van der Waals surface area contributed by atoms with Crippen molar-refractivity contribution < 1.29 is 22.3 Å². The maximum absolute atomic E-state index is 14.8. The van der Waals surface area contributed by atoms with Crippen LogP contribution in [0.15, 0.2) is 41.3 Å². The monoisotopic (exact) mass is 479 g/mol. The first-order valence-electron chi connectivity index (χ1n) is 11.7. The molecule has 1 aliphatic rings. The van der Waals surface area contributed by atoms with Gasteiger partial charge in [-0.05, 0) is 48.2 Å². The molecule has 0 radical (unpaired) electrons. The molecule has 33 heavy (non-hydrogen) atoms. The highest BCUT2D eigenvalue weighted by atomic mass is 32.2. The van der Waals surface area contributed by atoms with Crippen LogP contribution in [-0.2, 0) is 9.84 Å². The van der Waals surface area contributed by atoms with Crippen LogP contribution in [0.5, 0.6) is 0 Å². The minimum Gasteiger partial charge on any atom is -0.392 e. The standard InChI is InChI=1S/C26H35F2NO3S/c1-5-7-13-26(14-8-6-2)17-33(31,32)24-21(15-20(28)16-22(24)29(3)4)23(25(26)30)18-9-11-19(27)12-10-18/h9-12,15-16,23,25,30H,5-8,13-14,17H2,1-4H3/t23-,25?/m1/s1. The summed E-state index contributed by atoms with van der Waals surface area (Å²) in [5.41, 5.74) is 0.205. The Morgan fingerprint density at radius 2 is 1.58 bits per heavy atom. The molecule has 0 aliphatic carbocycles. The molecule has 0 fully saturated rings. The minimum absolute atomic E-state index is 0.0668. The molecule has 0 saturated carbocycles. The Hall–Kier alpha value is -1.99. The molecule has 2 atom stereocenters. The Bertz CT molecular complexity index is 1060. The molecule has 0 bridgehead atoms. The van der Waals surface area contributed by atoms with Crippen molar-refractivity contribution in [1.29, 1.82) is 0 Å². The zero-order valence-electron chi connectivity index (χ0n) is 19.9. The summed E-state index contributed by atoms with van der Waals surface area (Å²) in [6.45, 7) is 4.08. The van der Waals surface area contributed by atoms with E-state index in [2.05, 4.69) is 0 Å². The number of rotatable bonds is 8. The van der Waals surface area contributed by atoms with E-state index in [4.69, 9.17) is 0 Å². The van der Waals surface area contributed by atoms with Gasteiger partial charge in [0.25, 0.3) is 0 Å². The van der Waals surface area contributed by atoms with Crippen molar-refractivity contribution in [3.63, 3.8) is 0 Å². The van der Waals surface area contributed by atoms with Gasteiger partial charge in [0.2, 0.25) is 0 Å². The number of hydrogen-bond donors (Lipinski definition) is 1. The molecule has 4 nitrogen and oxygen atoms in total. The Kier molecular flexibility index (Phi) is 7.84. The number of sulfone groups is 1. The highest BCUT2D eigenvalue weighted by Crippen LogP contribution is 2.51. The number of hydrogen-bond acceptors (Lipinski definition) is 4. The third-order valence-electron chi connectivity index (χ3n) is 6.90. The molecule has 3 rings (SSSR count). The molecule has 2 aromatic rings. The highest BCUT2D eigenvalue weighted by molar-refractivity contribution is 7.91. The van der Waals surface area contributed by atoms with E-state index in [9.17, 15) is 22.3 Å². The first-order chi connectivity index (χ1) is 15.6. The normalized spacial score (nSPS) is 21.3. The smallest absolute Gasteiger partial charge is 0.181 e. The molecule has 7 heteroatoms. The predicted molar refractivity (Wildman–Crippen MR) is 129 cm³/mol. The van der Waals surface area contributed by atoms with Crippen LogP contribution in [0.2, 0.25) is 0 Å². The lowest BCUT2D eigenvalue weighted by molar-refractivity contribution is 0.0126. The lowest BCUT2D eigenvalue weighted by Crippen LogP contribution is -2.43. The SMILES string of the molecule is CCCCC1(CCCC)CS(=O)(=O)c2c(cc(F)cc2N(C)C)[C@@H](c2ccc(F)cc2)C1O. The average Bonchev–Trinajstić information content (AvgIpc) is 2.82. The van der Waals surface area contributed by atoms with Crippen LogP contribution in [0.25, 0.3) is 0 Å². The number of anilines is 1. The summed E-state index contributed by atoms with van der Waals surface area (Å²) in [6.07, 6.45) is 3.33. The summed E-state index contributed by atoms with van der Waals surface area (Å²) < 4.78 is 56.4. The van der Waals surface area contributed by atoms with E-state index in [0.717, 1.165) is 25.7 Å². The second-order valence-electron chi connectivity index (χ2n) is 9.54. The van der Waals surface area contributed by atoms with Gasteiger partial charge in [0.05, 0.1) is 22.4 Å². The molecule has 0 aromatic heterocycles. The number of fused-ring (bicyclic) bond motifs is 1. The lowest BCUT2D eigenvalue weighted by Gasteiger charge is -2.40. The molecule has 1 N–H and O–H groups in total. The second-order valence-corrected chi connectivity index (χ2v) is 11.5. The molecule has 2 aromatic carbocycles. The third kappa shape index (κ3) is 5.09. The number of aliphatic hydroxyl groups is 1. The number of aliphatic hydroxyl groups excluding tert-OH is 1. The summed E-state index contributed by atoms with van der Waals surface area (Å²) in [7, 11) is -0.502. The van der Waals surface area contributed by atoms with Crippen molar-refractivity contribution in [2.24, 2.45) is 5.41 Å². The van der Waals surface area contributed by atoms with Crippen molar-refractivity contribution in [3.05, 3.63) is 59.2 Å². The average molecular weight is 480 g/mol. The van der Waals surface area contributed by atoms with Crippen LogP contribution in [-0.4, -0.2) is 39.5 Å². The van der Waals surface area contributed by atoms with Gasteiger partial charge in [0.15, 0.2) is 9.84 Å². The fourth-order valence-electron chi connectivity index (χ4n) is 5.22. The van der Waals surface area contributed by atoms with E-state index in [1.54, 1.807) is 31.1 Å². The highest BCUT2D eigenvalue weighted by Gasteiger charge is 2.50. The van der Waals surface area contributed by atoms with Gasteiger partial charge in [-0.1, -0.05) is 51.7 Å². The molecule has 182 valence electrons. The van der Waals surface area contributed by atoms with Crippen LogP contribution in [0.1, 0.15) is 69.4 Å². The fraction of sp³-hybridized carbons (Fsp3) is 0.538. The topological polar surface area (TPSA) is 57.6 Å². The Balaban J connectivity index is 2.37. The summed E-state index contributed by atoms with van der Waals surface area (Å²) >= 11 is 0. The van der Waals surface area contributed by atoms with E-state index >= 15 is 0 Å². The van der Waals surface area contributed by atoms with Crippen LogP contribution >= 0.6 is 0 Å². The quantitative estimate of drug-likeness (QED) is 0.495. The molecule has 1 heterocycles. The minimum atomic E-state index is -3.86. The van der Waals surface area contributed by atoms with Crippen molar-refractivity contribution >= 4 is 15.5 Å². The Morgan fingerprint density at radius 1 is 1.00 bits per heavy atom. The maximum atomic E-state index is 14.8. The molecular formula is C26H35F2NO3S. The number of halogens is 2. The Labute approximate surface area is 196 Å². The predicted octanol–water partition coefficient (Wildman–Crippen LogP) is 5.68. The molecular weight excluding hydrogens is 444 g/mol. The van der Waals surface area contributed by atoms with Gasteiger partial charge in [-0.2, -0.15) is 0 Å². The largest absolute Gasteiger partial charge is 0.392 e. The lowest BCUT2D eigenvalue weighted by atomic mass is 9.68. The summed E-state index contributed by atoms with van der Waals surface area (Å²) in [5, 5.41) is 11.9. The van der Waals surface area contributed by atoms with Gasteiger partial charge < -0.3 is 10.0 Å². The summed E-state index contributed by atoms with van der Waals surface area (Å²) in [5.74, 6) is -1.98. The first-order valence-corrected chi connectivity index (χ1v) is 13.4. The molecule has 1 unspecified atom stereocenters. The van der Waals surface area contributed by atoms with Crippen molar-refractivity contribution in [2.45, 2.75) is 69.3 Å². The number of unbranched alkanes of at least 4 members (excludes halogenated alkanes) is 2. The van der Waals surface area contributed by atoms with Gasteiger partial charge in [-0.3, -0.25) is 0 Å². The van der Waals surface area contributed by atoms with E-state index in [0.29, 0.717) is 18.4 Å². The van der Waals surface area contributed by atoms with Crippen molar-refractivity contribution in [2.75, 3.05) is 24.7 Å². The number of benzene rings is 2. The van der Waals surface area contributed by atoms with Gasteiger partial charge in [-0.15, -0.1) is 0 Å². The van der Waals surface area contributed by atoms with Gasteiger partial charge >= 0.3 is 0 Å². The third-order valence-corrected chi connectivity index (χ3v) is 8.92. The van der Waals surface area contributed by atoms with E-state index in [1.807, 2.05) is 13.8 Å². The van der Waals surface area contributed by atoms with Gasteiger partial charge in [0, 0.05) is 25.4 Å². The summed E-state index contributed by atoms with van der Waals surface area (Å²) in [4.78, 5) is 1.66. The van der Waals surface area contributed by atoms with Crippen molar-refractivity contribution in [1.82, 2.24) is 0 Å². The second kappa shape index (κ2) is 10.1. The summed E-state index contributed by atoms with van der Waals surface area (Å²) in [6, 6.07) is 8.19. The van der Waals surface area contributed by atoms with E-state index in [-0.39, 0.29) is 21.9 Å². The molecule has 1 aliphatic heterocycles. The van der Waals surface area contributed by atoms with E-state index in [1.165, 1.54) is 24.3 Å². The van der Waals surface area contributed by atoms with Gasteiger partial charge in [-0.25, -0.2) is 17.2 Å². The molecule has 0 spiro atoms. The molecule has 0 amide bonds. The maximum Gasteiger partial charge on any atom is 0.181 e. The van der Waals surface area contributed by atoms with Crippen LogP contribution < -0.4 is 4.90 Å². The zero-order valence-corrected chi connectivity index (χ0v) is 20.8. The van der Waals surface area contributed by atoms with Crippen LogP contribution in [0, 0.1) is 17.0 Å². The number of nitrogens with zero attached hydrogens (tertiary/aromatic N) is 1. The van der Waals surface area contributed by atoms with Crippen LogP contribution in [0.4, 0.5) is 14.5 Å². The Morgan fingerprint density at radius 3 is 2.09 bits per heavy atom. The molecule has 0 saturated heterocycles. The van der Waals surface area contributed by atoms with Crippen LogP contribution in [0.3, 0.4) is 0 Å². The van der Waals surface area contributed by atoms with Gasteiger partial charge in [0.1, 0.15) is 11.6 Å². The fourth-order valence-corrected chi connectivity index (χ4v) is 7.68. The zero-order chi connectivity index (χ0) is 24.4. The van der Waals surface area contributed by atoms with Crippen molar-refractivity contribution in [3.8, 4) is 0 Å². The van der Waals surface area contributed by atoms with E-state index < -0.39 is 38.9 Å². The first kappa shape index (κ1) is 25.6.